The number of nitrogens with zero attached hydrogens (tertiary/aromatic N) is 3. The van der Waals surface area contributed by atoms with Crippen LogP contribution >= 0.6 is 0 Å². The highest BCUT2D eigenvalue weighted by atomic mass is 16.1. The van der Waals surface area contributed by atoms with Gasteiger partial charge in [0.1, 0.15) is 5.69 Å². The second-order valence-electron chi connectivity index (χ2n) is 5.52. The Morgan fingerprint density at radius 2 is 1.76 bits per heavy atom. The van der Waals surface area contributed by atoms with Gasteiger partial charge < -0.3 is 0 Å². The fraction of sp³-hybridized carbons (Fsp3) is 0.412. The molecule has 2 rings (SSSR count). The fourth-order valence-corrected chi connectivity index (χ4v) is 2.72. The molecule has 0 saturated carbocycles. The lowest BCUT2D eigenvalue weighted by atomic mass is 9.94. The first-order valence-corrected chi connectivity index (χ1v) is 7.41. The zero-order chi connectivity index (χ0) is 15.5. The van der Waals surface area contributed by atoms with Gasteiger partial charge >= 0.3 is 0 Å². The first kappa shape index (κ1) is 15.4. The molecular formula is C17H23N3O. The number of ketones is 1. The molecule has 0 aliphatic heterocycles. The van der Waals surface area contributed by atoms with E-state index >= 15 is 0 Å². The summed E-state index contributed by atoms with van der Waals surface area (Å²) in [5.41, 5.74) is 0.982. The van der Waals surface area contributed by atoms with Crippen LogP contribution in [-0.2, 0) is 0 Å². The van der Waals surface area contributed by atoms with Crippen molar-refractivity contribution in [3.63, 3.8) is 0 Å². The summed E-state index contributed by atoms with van der Waals surface area (Å²) in [7, 11) is 0. The molecule has 0 unspecified atom stereocenters. The van der Waals surface area contributed by atoms with E-state index in [9.17, 15) is 4.79 Å². The molecular weight excluding hydrogens is 262 g/mol. The molecule has 112 valence electrons. The van der Waals surface area contributed by atoms with Crippen molar-refractivity contribution in [2.75, 3.05) is 13.1 Å². The van der Waals surface area contributed by atoms with Gasteiger partial charge in [0.2, 0.25) is 5.78 Å². The second kappa shape index (κ2) is 6.22. The van der Waals surface area contributed by atoms with Crippen LogP contribution in [0.25, 0.3) is 5.69 Å². The largest absolute Gasteiger partial charge is 0.292 e. The third kappa shape index (κ3) is 2.90. The van der Waals surface area contributed by atoms with E-state index < -0.39 is 5.54 Å². The van der Waals surface area contributed by atoms with Crippen molar-refractivity contribution in [2.24, 2.45) is 0 Å². The third-order valence-corrected chi connectivity index (χ3v) is 3.99. The van der Waals surface area contributed by atoms with Crippen LogP contribution < -0.4 is 0 Å². The summed E-state index contributed by atoms with van der Waals surface area (Å²) >= 11 is 0. The Hall–Kier alpha value is -1.94. The Bertz CT molecular complexity index is 598. The van der Waals surface area contributed by atoms with E-state index in [1.807, 2.05) is 44.2 Å². The highest BCUT2D eigenvalue weighted by Gasteiger charge is 2.35. The minimum atomic E-state index is -0.546. The molecule has 0 amide bonds. The van der Waals surface area contributed by atoms with E-state index in [1.165, 1.54) is 0 Å². The van der Waals surface area contributed by atoms with Gasteiger partial charge in [-0.25, -0.2) is 4.68 Å². The van der Waals surface area contributed by atoms with Crippen molar-refractivity contribution >= 4 is 5.78 Å². The standard InChI is InChI=1S/C17H23N3O/c1-5-19(6-2)17(3,4)16(21)15-12-13-18-20(15)14-10-8-7-9-11-14/h7-13H,5-6H2,1-4H3. The van der Waals surface area contributed by atoms with Crippen LogP contribution in [0.15, 0.2) is 42.6 Å². The quantitative estimate of drug-likeness (QED) is 0.765. The number of rotatable bonds is 6. The molecule has 0 radical (unpaired) electrons. The number of carbonyl (C=O) groups is 1. The van der Waals surface area contributed by atoms with Crippen molar-refractivity contribution in [3.8, 4) is 5.69 Å². The molecule has 0 N–H and O–H groups in total. The molecule has 0 saturated heterocycles. The van der Waals surface area contributed by atoms with Gasteiger partial charge in [-0.05, 0) is 45.1 Å². The van der Waals surface area contributed by atoms with Crippen molar-refractivity contribution in [1.29, 1.82) is 0 Å². The Balaban J connectivity index is 2.40. The molecule has 0 bridgehead atoms. The second-order valence-corrected chi connectivity index (χ2v) is 5.52. The zero-order valence-electron chi connectivity index (χ0n) is 13.2. The van der Waals surface area contributed by atoms with E-state index in [1.54, 1.807) is 16.9 Å². The van der Waals surface area contributed by atoms with Gasteiger partial charge in [-0.15, -0.1) is 0 Å². The van der Waals surface area contributed by atoms with Crippen molar-refractivity contribution in [2.45, 2.75) is 33.2 Å². The molecule has 1 heterocycles. The maximum absolute atomic E-state index is 13.0. The van der Waals surface area contributed by atoms with Crippen LogP contribution in [0.3, 0.4) is 0 Å². The lowest BCUT2D eigenvalue weighted by molar-refractivity contribution is 0.0660. The predicted molar refractivity (Wildman–Crippen MR) is 84.9 cm³/mol. The first-order chi connectivity index (χ1) is 10.0. The molecule has 0 atom stereocenters. The van der Waals surface area contributed by atoms with Crippen molar-refractivity contribution < 1.29 is 4.79 Å². The number of benzene rings is 1. The summed E-state index contributed by atoms with van der Waals surface area (Å²) in [6.07, 6.45) is 1.68. The van der Waals surface area contributed by atoms with Gasteiger partial charge in [0, 0.05) is 0 Å². The third-order valence-electron chi connectivity index (χ3n) is 3.99. The van der Waals surface area contributed by atoms with Crippen LogP contribution in [0.4, 0.5) is 0 Å². The molecule has 0 fully saturated rings. The molecule has 0 aliphatic carbocycles. The SMILES string of the molecule is CCN(CC)C(C)(C)C(=O)c1ccnn1-c1ccccc1. The van der Waals surface area contributed by atoms with Gasteiger partial charge in [-0.1, -0.05) is 32.0 Å². The summed E-state index contributed by atoms with van der Waals surface area (Å²) in [6, 6.07) is 11.5. The highest BCUT2D eigenvalue weighted by Crippen LogP contribution is 2.22. The topological polar surface area (TPSA) is 38.1 Å². The van der Waals surface area contributed by atoms with Gasteiger partial charge in [-0.3, -0.25) is 9.69 Å². The Morgan fingerprint density at radius 1 is 1.14 bits per heavy atom. The molecule has 0 aliphatic rings. The lowest BCUT2D eigenvalue weighted by Crippen LogP contribution is -2.50. The smallest absolute Gasteiger partial charge is 0.200 e. The van der Waals surface area contributed by atoms with Crippen LogP contribution in [-0.4, -0.2) is 39.1 Å². The summed E-state index contributed by atoms with van der Waals surface area (Å²) in [5, 5.41) is 4.31. The van der Waals surface area contributed by atoms with E-state index in [0.29, 0.717) is 5.69 Å². The van der Waals surface area contributed by atoms with Gasteiger partial charge in [-0.2, -0.15) is 5.10 Å². The van der Waals surface area contributed by atoms with Crippen molar-refractivity contribution in [1.82, 2.24) is 14.7 Å². The summed E-state index contributed by atoms with van der Waals surface area (Å²) < 4.78 is 1.72. The maximum atomic E-state index is 13.0. The lowest BCUT2D eigenvalue weighted by Gasteiger charge is -2.35. The van der Waals surface area contributed by atoms with Crippen LogP contribution in [0.5, 0.6) is 0 Å². The number of Topliss-reactive ketones (excluding diaryl/α,β-unsaturated/α-hetero) is 1. The summed E-state index contributed by atoms with van der Waals surface area (Å²) in [4.78, 5) is 15.1. The fourth-order valence-electron chi connectivity index (χ4n) is 2.72. The number of carbonyl (C=O) groups excluding carboxylic acids is 1. The van der Waals surface area contributed by atoms with Crippen LogP contribution in [0.2, 0.25) is 0 Å². The first-order valence-electron chi connectivity index (χ1n) is 7.41. The van der Waals surface area contributed by atoms with E-state index in [0.717, 1.165) is 18.8 Å². The average Bonchev–Trinajstić information content (AvgIpc) is 2.97. The number of aromatic nitrogens is 2. The number of hydrogen-bond donors (Lipinski definition) is 0. The minimum Gasteiger partial charge on any atom is -0.292 e. The molecule has 4 heteroatoms. The van der Waals surface area contributed by atoms with Crippen LogP contribution in [0.1, 0.15) is 38.2 Å². The highest BCUT2D eigenvalue weighted by molar-refractivity contribution is 6.01. The number of para-hydroxylation sites is 1. The Kier molecular flexibility index (Phi) is 4.58. The van der Waals surface area contributed by atoms with Crippen molar-refractivity contribution in [3.05, 3.63) is 48.3 Å². The molecule has 21 heavy (non-hydrogen) atoms. The number of likely N-dealkylation sites (N-methyl/N-ethyl adjacent to an activating group) is 1. The van der Waals surface area contributed by atoms with Gasteiger partial charge in [0.15, 0.2) is 0 Å². The van der Waals surface area contributed by atoms with Gasteiger partial charge in [0.05, 0.1) is 17.4 Å². The normalized spacial score (nSPS) is 11.9. The minimum absolute atomic E-state index is 0.0903. The molecule has 1 aromatic heterocycles. The summed E-state index contributed by atoms with van der Waals surface area (Å²) in [5.74, 6) is 0.0903. The molecule has 2 aromatic rings. The Morgan fingerprint density at radius 3 is 2.33 bits per heavy atom. The molecule has 0 spiro atoms. The van der Waals surface area contributed by atoms with Gasteiger partial charge in [0.25, 0.3) is 0 Å². The van der Waals surface area contributed by atoms with E-state index in [2.05, 4.69) is 23.8 Å². The monoisotopic (exact) mass is 285 g/mol. The van der Waals surface area contributed by atoms with Crippen LogP contribution in [0, 0.1) is 0 Å². The number of hydrogen-bond acceptors (Lipinski definition) is 3. The zero-order valence-corrected chi connectivity index (χ0v) is 13.2. The average molecular weight is 285 g/mol. The molecule has 4 nitrogen and oxygen atoms in total. The predicted octanol–water partition coefficient (Wildman–Crippen LogP) is 3.18. The Labute approximate surface area is 126 Å². The van der Waals surface area contributed by atoms with E-state index in [4.69, 9.17) is 0 Å². The molecule has 1 aromatic carbocycles. The maximum Gasteiger partial charge on any atom is 0.200 e. The van der Waals surface area contributed by atoms with E-state index in [-0.39, 0.29) is 5.78 Å². The summed E-state index contributed by atoms with van der Waals surface area (Å²) in [6.45, 7) is 9.79.